The fraction of sp³-hybridized carbons (Fsp3) is 0.385. The highest BCUT2D eigenvalue weighted by Crippen LogP contribution is 2.46. The lowest BCUT2D eigenvalue weighted by atomic mass is 9.62. The highest BCUT2D eigenvalue weighted by Gasteiger charge is 2.50. The van der Waals surface area contributed by atoms with Crippen LogP contribution in [0.5, 0.6) is 0 Å². The van der Waals surface area contributed by atoms with Crippen LogP contribution in [0.15, 0.2) is 18.2 Å². The minimum absolute atomic E-state index is 0.0876. The monoisotopic (exact) mass is 300 g/mol. The Kier molecular flexibility index (Phi) is 3.78. The predicted molar refractivity (Wildman–Crippen MR) is 77.7 cm³/mol. The Morgan fingerprint density at radius 2 is 2.21 bits per heavy atom. The lowest BCUT2D eigenvalue weighted by Gasteiger charge is -2.44. The number of nitrogens with one attached hydrogen (secondary N) is 1. The van der Waals surface area contributed by atoms with Crippen LogP contribution in [0, 0.1) is 17.2 Å². The molecule has 1 amide bonds. The Labute approximate surface area is 121 Å². The minimum Gasteiger partial charge on any atom is -0.392 e. The van der Waals surface area contributed by atoms with Crippen LogP contribution >= 0.6 is 23.8 Å². The van der Waals surface area contributed by atoms with Gasteiger partial charge in [0.05, 0.1) is 16.1 Å². The molecule has 0 aromatic heterocycles. The Morgan fingerprint density at radius 1 is 1.58 bits per heavy atom. The second-order valence-electron chi connectivity index (χ2n) is 5.04. The van der Waals surface area contributed by atoms with Crippen LogP contribution in [0.25, 0.3) is 0 Å². The second kappa shape index (κ2) is 5.06. The van der Waals surface area contributed by atoms with Gasteiger partial charge >= 0.3 is 0 Å². The first kappa shape index (κ1) is 14.2. The van der Waals surface area contributed by atoms with Crippen molar-refractivity contribution in [3.05, 3.63) is 29.0 Å². The van der Waals surface area contributed by atoms with Crippen LogP contribution in [-0.4, -0.2) is 10.9 Å². The summed E-state index contributed by atoms with van der Waals surface area (Å²) in [5.74, 6) is -0.534. The van der Waals surface area contributed by atoms with Gasteiger partial charge in [0.15, 0.2) is 0 Å². The highest BCUT2D eigenvalue weighted by molar-refractivity contribution is 7.80. The second-order valence-corrected chi connectivity index (χ2v) is 5.91. The number of hydrogen-bond acceptors (Lipinski definition) is 2. The Hall–Kier alpha value is -1.20. The molecule has 0 spiro atoms. The quantitative estimate of drug-likeness (QED) is 0.843. The van der Waals surface area contributed by atoms with Crippen LogP contribution in [0.2, 0.25) is 5.02 Å². The predicted octanol–water partition coefficient (Wildman–Crippen LogP) is 3.12. The van der Waals surface area contributed by atoms with Crippen molar-refractivity contribution in [1.29, 1.82) is 0 Å². The number of carbonyl (C=O) groups excluding carboxylic acids is 1. The molecule has 1 aromatic rings. The van der Waals surface area contributed by atoms with Crippen LogP contribution in [0.3, 0.4) is 0 Å². The van der Waals surface area contributed by atoms with E-state index in [-0.39, 0.29) is 21.6 Å². The number of nitrogens with two attached hydrogens (primary N) is 1. The average molecular weight is 301 g/mol. The van der Waals surface area contributed by atoms with E-state index in [1.165, 1.54) is 12.1 Å². The third-order valence-corrected chi connectivity index (χ3v) is 4.11. The van der Waals surface area contributed by atoms with E-state index in [0.717, 1.165) is 6.07 Å². The van der Waals surface area contributed by atoms with Crippen molar-refractivity contribution in [2.24, 2.45) is 17.1 Å². The number of carbonyl (C=O) groups is 1. The first-order chi connectivity index (χ1) is 8.85. The van der Waals surface area contributed by atoms with E-state index in [1.807, 2.05) is 6.92 Å². The van der Waals surface area contributed by atoms with Gasteiger partial charge in [-0.1, -0.05) is 30.7 Å². The van der Waals surface area contributed by atoms with E-state index >= 15 is 0 Å². The highest BCUT2D eigenvalue weighted by atomic mass is 35.5. The molecule has 1 aliphatic rings. The zero-order chi connectivity index (χ0) is 14.2. The van der Waals surface area contributed by atoms with Gasteiger partial charge in [0, 0.05) is 5.02 Å². The van der Waals surface area contributed by atoms with Gasteiger partial charge in [-0.3, -0.25) is 4.79 Å². The molecule has 1 fully saturated rings. The minimum atomic E-state index is -0.846. The topological polar surface area (TPSA) is 55.1 Å². The number of benzene rings is 1. The zero-order valence-corrected chi connectivity index (χ0v) is 11.9. The summed E-state index contributed by atoms with van der Waals surface area (Å²) in [5.41, 5.74) is 4.91. The maximum absolute atomic E-state index is 13.6. The van der Waals surface area contributed by atoms with Gasteiger partial charge in [-0.2, -0.15) is 0 Å². The fourth-order valence-corrected chi connectivity index (χ4v) is 2.88. The molecule has 0 atom stereocenters. The summed E-state index contributed by atoms with van der Waals surface area (Å²) < 4.78 is 13.6. The number of anilines is 1. The van der Waals surface area contributed by atoms with Crippen LogP contribution in [-0.2, 0) is 4.79 Å². The zero-order valence-electron chi connectivity index (χ0n) is 10.4. The third kappa shape index (κ3) is 2.58. The molecule has 0 bridgehead atoms. The molecule has 2 rings (SSSR count). The molecule has 0 saturated heterocycles. The molecule has 0 unspecified atom stereocenters. The summed E-state index contributed by atoms with van der Waals surface area (Å²) >= 11 is 10.6. The molecule has 19 heavy (non-hydrogen) atoms. The summed E-state index contributed by atoms with van der Waals surface area (Å²) in [6, 6.07) is 4.08. The number of halogens is 2. The average Bonchev–Trinajstić information content (AvgIpc) is 2.27. The standard InChI is InChI=1S/C13H14ClFN2OS/c1-7-5-13(6-7,11(16)19)12(18)17-10-3-2-8(14)4-9(10)15/h2-4,7H,5-6H2,1H3,(H2,16,19)(H,17,18). The van der Waals surface area contributed by atoms with Gasteiger partial charge in [-0.25, -0.2) is 4.39 Å². The van der Waals surface area contributed by atoms with E-state index in [2.05, 4.69) is 5.32 Å². The summed E-state index contributed by atoms with van der Waals surface area (Å²) in [6.45, 7) is 2.02. The van der Waals surface area contributed by atoms with Gasteiger partial charge in [0.1, 0.15) is 5.82 Å². The first-order valence-corrected chi connectivity index (χ1v) is 6.70. The number of hydrogen-bond donors (Lipinski definition) is 2. The normalized spacial score (nSPS) is 25.5. The molecule has 6 heteroatoms. The van der Waals surface area contributed by atoms with E-state index in [1.54, 1.807) is 0 Å². The molecular formula is C13H14ClFN2OS. The summed E-state index contributed by atoms with van der Waals surface area (Å²) in [5, 5.41) is 2.82. The first-order valence-electron chi connectivity index (χ1n) is 5.91. The van der Waals surface area contributed by atoms with Crippen molar-refractivity contribution in [1.82, 2.24) is 0 Å². The number of amides is 1. The Bertz CT molecular complexity index is 543. The van der Waals surface area contributed by atoms with Gasteiger partial charge in [-0.15, -0.1) is 0 Å². The third-order valence-electron chi connectivity index (χ3n) is 3.48. The van der Waals surface area contributed by atoms with Crippen molar-refractivity contribution in [3.8, 4) is 0 Å². The maximum atomic E-state index is 13.6. The largest absolute Gasteiger partial charge is 0.392 e. The molecule has 0 radical (unpaired) electrons. The fourth-order valence-electron chi connectivity index (χ4n) is 2.46. The SMILES string of the molecule is CC1CC(C(=O)Nc2ccc(Cl)cc2F)(C(N)=S)C1. The molecule has 1 aliphatic carbocycles. The smallest absolute Gasteiger partial charge is 0.237 e. The van der Waals surface area contributed by atoms with Gasteiger partial charge in [0.2, 0.25) is 5.91 Å². The number of rotatable bonds is 3. The molecule has 3 nitrogen and oxygen atoms in total. The van der Waals surface area contributed by atoms with Crippen molar-refractivity contribution >= 4 is 40.4 Å². The van der Waals surface area contributed by atoms with E-state index in [0.29, 0.717) is 18.8 Å². The molecule has 1 aromatic carbocycles. The molecule has 3 N–H and O–H groups in total. The van der Waals surface area contributed by atoms with Crippen molar-refractivity contribution < 1.29 is 9.18 Å². The maximum Gasteiger partial charge on any atom is 0.237 e. The summed E-state index contributed by atoms with van der Waals surface area (Å²) in [4.78, 5) is 12.4. The van der Waals surface area contributed by atoms with E-state index in [4.69, 9.17) is 29.6 Å². The van der Waals surface area contributed by atoms with Gasteiger partial charge in [-0.05, 0) is 37.0 Å². The van der Waals surface area contributed by atoms with Crippen LogP contribution in [0.1, 0.15) is 19.8 Å². The molecular weight excluding hydrogens is 287 g/mol. The summed E-state index contributed by atoms with van der Waals surface area (Å²) in [6.07, 6.45) is 1.20. The van der Waals surface area contributed by atoms with E-state index < -0.39 is 11.2 Å². The van der Waals surface area contributed by atoms with Crippen LogP contribution < -0.4 is 11.1 Å². The van der Waals surface area contributed by atoms with Crippen molar-refractivity contribution in [3.63, 3.8) is 0 Å². The lowest BCUT2D eigenvalue weighted by molar-refractivity contribution is -0.127. The van der Waals surface area contributed by atoms with Gasteiger partial charge < -0.3 is 11.1 Å². The van der Waals surface area contributed by atoms with Gasteiger partial charge in [0.25, 0.3) is 0 Å². The molecule has 0 aliphatic heterocycles. The molecule has 1 saturated carbocycles. The number of thiocarbonyl (C=S) groups is 1. The van der Waals surface area contributed by atoms with Crippen LogP contribution in [0.4, 0.5) is 10.1 Å². The Balaban J connectivity index is 2.19. The Morgan fingerprint density at radius 3 is 2.68 bits per heavy atom. The van der Waals surface area contributed by atoms with Crippen molar-refractivity contribution in [2.75, 3.05) is 5.32 Å². The lowest BCUT2D eigenvalue weighted by Crippen LogP contribution is -2.53. The summed E-state index contributed by atoms with van der Waals surface area (Å²) in [7, 11) is 0. The van der Waals surface area contributed by atoms with Crippen molar-refractivity contribution in [2.45, 2.75) is 19.8 Å². The van der Waals surface area contributed by atoms with E-state index in [9.17, 15) is 9.18 Å². The molecule has 0 heterocycles. The molecule has 102 valence electrons.